The van der Waals surface area contributed by atoms with Gasteiger partial charge in [-0.15, -0.1) is 0 Å². The van der Waals surface area contributed by atoms with Gasteiger partial charge >= 0.3 is 0 Å². The van der Waals surface area contributed by atoms with Gasteiger partial charge in [-0.3, -0.25) is 14.4 Å². The molecular weight excluding hydrogens is 608 g/mol. The van der Waals surface area contributed by atoms with E-state index in [4.69, 9.17) is 10.5 Å². The first kappa shape index (κ1) is 33.9. The molecule has 0 bridgehead atoms. The fraction of sp³-hybridized carbons (Fsp3) is 0.237. The molecule has 0 aliphatic carbocycles. The Kier molecular flexibility index (Phi) is 10.6. The molecule has 0 unspecified atom stereocenters. The molecule has 5 rings (SSSR count). The number of benzene rings is 4. The van der Waals surface area contributed by atoms with Crippen LogP contribution in [0.25, 0.3) is 0 Å². The number of hydrogen-bond donors (Lipinski definition) is 4. The molecule has 0 spiro atoms. The Balaban J connectivity index is 1.33. The van der Waals surface area contributed by atoms with Gasteiger partial charge in [0.25, 0.3) is 11.8 Å². The lowest BCUT2D eigenvalue weighted by atomic mass is 9.83. The van der Waals surface area contributed by atoms with Gasteiger partial charge in [-0.05, 0) is 65.7 Å². The summed E-state index contributed by atoms with van der Waals surface area (Å²) < 4.78 is 5.43. The summed E-state index contributed by atoms with van der Waals surface area (Å²) in [6.07, 6.45) is 3.36. The molecule has 0 fully saturated rings. The number of carbonyl (C=O) groups excluding carboxylic acids is 3. The van der Waals surface area contributed by atoms with Gasteiger partial charge in [0, 0.05) is 47.9 Å². The Hall–Kier alpha value is -5.45. The average Bonchev–Trinajstić information content (AvgIpc) is 3.30. The van der Waals surface area contributed by atoms with Crippen molar-refractivity contribution in [1.82, 2.24) is 4.90 Å². The predicted octanol–water partition coefficient (Wildman–Crippen LogP) is 4.87. The highest BCUT2D eigenvalue weighted by Gasteiger charge is 2.52. The van der Waals surface area contributed by atoms with Crippen molar-refractivity contribution < 1.29 is 29.3 Å². The molecule has 0 saturated carbocycles. The second kappa shape index (κ2) is 15.0. The van der Waals surface area contributed by atoms with E-state index in [1.165, 1.54) is 12.0 Å². The maximum absolute atomic E-state index is 14.1. The van der Waals surface area contributed by atoms with E-state index in [0.717, 1.165) is 11.1 Å². The van der Waals surface area contributed by atoms with Crippen LogP contribution in [-0.2, 0) is 28.3 Å². The van der Waals surface area contributed by atoms with Crippen LogP contribution in [0.1, 0.15) is 40.4 Å². The van der Waals surface area contributed by atoms with E-state index in [9.17, 15) is 24.6 Å². The molecule has 10 heteroatoms. The number of ether oxygens (including phenoxy) is 1. The summed E-state index contributed by atoms with van der Waals surface area (Å²) in [5, 5.41) is 24.6. The van der Waals surface area contributed by atoms with Gasteiger partial charge in [-0.2, -0.15) is 0 Å². The first-order chi connectivity index (χ1) is 23.1. The lowest BCUT2D eigenvalue weighted by Crippen LogP contribution is -2.44. The molecule has 1 heterocycles. The van der Waals surface area contributed by atoms with Gasteiger partial charge in [0.1, 0.15) is 5.75 Å². The zero-order valence-electron chi connectivity index (χ0n) is 27.0. The van der Waals surface area contributed by atoms with Gasteiger partial charge in [0.15, 0.2) is 5.60 Å². The van der Waals surface area contributed by atoms with Crippen LogP contribution in [0.3, 0.4) is 0 Å². The molecule has 248 valence electrons. The van der Waals surface area contributed by atoms with E-state index < -0.39 is 17.4 Å². The molecule has 4 aromatic carbocycles. The molecule has 0 saturated heterocycles. The van der Waals surface area contributed by atoms with E-state index in [1.54, 1.807) is 84.6 Å². The summed E-state index contributed by atoms with van der Waals surface area (Å²) in [4.78, 5) is 43.1. The van der Waals surface area contributed by atoms with E-state index >= 15 is 0 Å². The van der Waals surface area contributed by atoms with Crippen molar-refractivity contribution in [3.8, 4) is 5.75 Å². The molecule has 10 nitrogen and oxygen atoms in total. The van der Waals surface area contributed by atoms with Crippen LogP contribution in [0.15, 0.2) is 109 Å². The van der Waals surface area contributed by atoms with Crippen molar-refractivity contribution >= 4 is 34.8 Å². The normalized spacial score (nSPS) is 16.1. The quantitative estimate of drug-likeness (QED) is 0.120. The molecule has 5 N–H and O–H groups in total. The summed E-state index contributed by atoms with van der Waals surface area (Å²) in [6, 6.07) is 28.4. The fourth-order valence-electron chi connectivity index (χ4n) is 5.84. The highest BCUT2D eigenvalue weighted by molar-refractivity contribution is 6.07. The van der Waals surface area contributed by atoms with E-state index in [2.05, 4.69) is 5.32 Å². The number of carbonyl (C=O) groups is 3. The number of aliphatic hydroxyl groups excluding tert-OH is 1. The van der Waals surface area contributed by atoms with Gasteiger partial charge in [0.2, 0.25) is 5.91 Å². The monoisotopic (exact) mass is 648 g/mol. The van der Waals surface area contributed by atoms with Gasteiger partial charge in [-0.1, -0.05) is 61.5 Å². The molecular formula is C38H40N4O6. The number of nitrogens with two attached hydrogens (primary N) is 1. The number of nitrogens with one attached hydrogen (secondary N) is 1. The van der Waals surface area contributed by atoms with Crippen LogP contribution in [0, 0.1) is 5.92 Å². The van der Waals surface area contributed by atoms with Crippen molar-refractivity contribution in [1.29, 1.82) is 0 Å². The zero-order chi connectivity index (χ0) is 34.3. The molecule has 2 atom stereocenters. The molecule has 0 aromatic heterocycles. The van der Waals surface area contributed by atoms with E-state index in [-0.39, 0.29) is 37.9 Å². The first-order valence-corrected chi connectivity index (χ1v) is 15.7. The van der Waals surface area contributed by atoms with Crippen LogP contribution in [0.5, 0.6) is 5.75 Å². The molecule has 4 aromatic rings. The number of nitrogen functional groups attached to an aromatic ring is 1. The topological polar surface area (TPSA) is 145 Å². The third-order valence-electron chi connectivity index (χ3n) is 8.49. The number of fused-ring (bicyclic) bond motifs is 1. The largest absolute Gasteiger partial charge is 0.497 e. The number of hydrogen-bond acceptors (Lipinski definition) is 7. The van der Waals surface area contributed by atoms with Gasteiger partial charge in [0.05, 0.1) is 25.9 Å². The minimum Gasteiger partial charge on any atom is -0.497 e. The Bertz CT molecular complexity index is 1790. The number of methoxy groups -OCH3 is 1. The van der Waals surface area contributed by atoms with Crippen LogP contribution < -0.4 is 20.7 Å². The Morgan fingerprint density at radius 2 is 1.73 bits per heavy atom. The summed E-state index contributed by atoms with van der Waals surface area (Å²) in [5.41, 5.74) is 7.99. The summed E-state index contributed by atoms with van der Waals surface area (Å²) in [5.74, 6) is -1.22. The number of anilines is 3. The Morgan fingerprint density at radius 3 is 2.44 bits per heavy atom. The maximum atomic E-state index is 14.1. The van der Waals surface area contributed by atoms with Crippen molar-refractivity contribution in [3.05, 3.63) is 131 Å². The highest BCUT2D eigenvalue weighted by atomic mass is 16.5. The van der Waals surface area contributed by atoms with Crippen molar-refractivity contribution in [3.63, 3.8) is 0 Å². The smallest absolute Gasteiger partial charge is 0.264 e. The number of nitrogens with zero attached hydrogens (tertiary/aromatic N) is 2. The third kappa shape index (κ3) is 7.41. The first-order valence-electron chi connectivity index (χ1n) is 15.7. The third-order valence-corrected chi connectivity index (χ3v) is 8.49. The summed E-state index contributed by atoms with van der Waals surface area (Å²) in [6.45, 7) is 2.25. The molecule has 3 amide bonds. The standard InChI is InChI=1S/C38H40N4O6/c1-26(8-6-13-35(44)41(20-21-43)24-27-9-4-3-5-10-27)38(47)33-23-32(48-2)18-19-34(33)42(37(38)46)25-28-11-7-12-31(22-28)40-36(45)29-14-16-30(39)17-15-29/h3-12,14-19,22-23,26,43,47H,13,20-21,24-25,39H2,1-2H3,(H,40,45)/b8-6+/t26-,38+/m1/s1. The van der Waals surface area contributed by atoms with Crippen LogP contribution in [-0.4, -0.2) is 53.1 Å². The lowest BCUT2D eigenvalue weighted by Gasteiger charge is -2.28. The molecule has 1 aliphatic heterocycles. The lowest BCUT2D eigenvalue weighted by molar-refractivity contribution is -0.139. The SMILES string of the molecule is COc1ccc2c(c1)[C@@](O)([C@H](C)/C=C/CC(=O)N(CCO)Cc1ccccc1)C(=O)N2Cc1cccc(NC(=O)c2ccc(N)cc2)c1. The van der Waals surface area contributed by atoms with Gasteiger partial charge in [-0.25, -0.2) is 0 Å². The second-order valence-corrected chi connectivity index (χ2v) is 11.8. The fourth-order valence-corrected chi connectivity index (χ4v) is 5.84. The maximum Gasteiger partial charge on any atom is 0.264 e. The predicted molar refractivity (Wildman–Crippen MR) is 185 cm³/mol. The van der Waals surface area contributed by atoms with Gasteiger partial charge < -0.3 is 35.8 Å². The van der Waals surface area contributed by atoms with Crippen LogP contribution >= 0.6 is 0 Å². The Labute approximate surface area is 280 Å². The highest BCUT2D eigenvalue weighted by Crippen LogP contribution is 2.47. The number of amides is 3. The number of rotatable bonds is 13. The minimum absolute atomic E-state index is 0.0327. The Morgan fingerprint density at radius 1 is 1.00 bits per heavy atom. The molecule has 1 aliphatic rings. The van der Waals surface area contributed by atoms with Crippen LogP contribution in [0.2, 0.25) is 0 Å². The van der Waals surface area contributed by atoms with Crippen molar-refractivity contribution in [2.24, 2.45) is 5.92 Å². The minimum atomic E-state index is -1.93. The van der Waals surface area contributed by atoms with Crippen molar-refractivity contribution in [2.45, 2.75) is 32.0 Å². The zero-order valence-corrected chi connectivity index (χ0v) is 27.0. The average molecular weight is 649 g/mol. The number of aliphatic hydroxyl groups is 2. The molecule has 0 radical (unpaired) electrons. The second-order valence-electron chi connectivity index (χ2n) is 11.8. The summed E-state index contributed by atoms with van der Waals surface area (Å²) in [7, 11) is 1.52. The van der Waals surface area contributed by atoms with Crippen molar-refractivity contribution in [2.75, 3.05) is 36.2 Å². The van der Waals surface area contributed by atoms with E-state index in [0.29, 0.717) is 40.5 Å². The molecule has 48 heavy (non-hydrogen) atoms. The van der Waals surface area contributed by atoms with E-state index in [1.807, 2.05) is 36.4 Å². The summed E-state index contributed by atoms with van der Waals surface area (Å²) >= 11 is 0. The van der Waals surface area contributed by atoms with Crippen LogP contribution in [0.4, 0.5) is 17.1 Å².